The zero-order chi connectivity index (χ0) is 7.84. The minimum Gasteiger partial charge on any atom is -0.182 e. The highest BCUT2D eigenvalue weighted by Gasteiger charge is 2.17. The maximum Gasteiger partial charge on any atom is 0.0859 e. The highest BCUT2D eigenvalue weighted by Crippen LogP contribution is 2.18. The molecule has 1 aliphatic carbocycles. The molecule has 0 saturated heterocycles. The molecule has 0 atom stereocenters. The van der Waals surface area contributed by atoms with Crippen LogP contribution in [0.5, 0.6) is 0 Å². The van der Waals surface area contributed by atoms with Crippen molar-refractivity contribution in [3.8, 4) is 0 Å². The van der Waals surface area contributed by atoms with Crippen molar-refractivity contribution in [1.82, 2.24) is 15.0 Å². The summed E-state index contributed by atoms with van der Waals surface area (Å²) in [6, 6.07) is 0.403. The first kappa shape index (κ1) is 6.83. The molecule has 1 heterocycles. The van der Waals surface area contributed by atoms with Crippen LogP contribution in [0.3, 0.4) is 0 Å². The van der Waals surface area contributed by atoms with Gasteiger partial charge in [0.15, 0.2) is 0 Å². The number of hydrogen-bond acceptors (Lipinski definition) is 2. The molecule has 0 bridgehead atoms. The predicted octanol–water partition coefficient (Wildman–Crippen LogP) is 1.35. The van der Waals surface area contributed by atoms with Crippen molar-refractivity contribution in [1.29, 1.82) is 0 Å². The highest BCUT2D eigenvalue weighted by molar-refractivity contribution is 5.14. The van der Waals surface area contributed by atoms with E-state index in [-0.39, 0.29) is 0 Å². The average molecular weight is 151 g/mol. The van der Waals surface area contributed by atoms with E-state index in [1.807, 2.05) is 4.80 Å². The van der Waals surface area contributed by atoms with Gasteiger partial charge in [0, 0.05) is 0 Å². The first-order valence-electron chi connectivity index (χ1n) is 4.22. The van der Waals surface area contributed by atoms with Gasteiger partial charge in [0.25, 0.3) is 0 Å². The molecule has 1 aliphatic rings. The van der Waals surface area contributed by atoms with Gasteiger partial charge in [-0.15, -0.1) is 0 Å². The molecule has 60 valence electrons. The van der Waals surface area contributed by atoms with Gasteiger partial charge in [-0.05, 0) is 33.1 Å². The van der Waals surface area contributed by atoms with Gasteiger partial charge in [0.05, 0.1) is 17.4 Å². The van der Waals surface area contributed by atoms with Gasteiger partial charge in [0.1, 0.15) is 0 Å². The molecule has 2 rings (SSSR count). The molecule has 0 radical (unpaired) electrons. The fraction of sp³-hybridized carbons (Fsp3) is 0.750. The van der Waals surface area contributed by atoms with E-state index in [1.165, 1.54) is 17.8 Å². The Balaban J connectivity index is 2.34. The molecule has 0 aliphatic heterocycles. The van der Waals surface area contributed by atoms with Crippen molar-refractivity contribution in [2.45, 2.75) is 39.2 Å². The first-order chi connectivity index (χ1) is 5.27. The van der Waals surface area contributed by atoms with Crippen LogP contribution >= 0.6 is 0 Å². The third kappa shape index (κ3) is 1.04. The lowest BCUT2D eigenvalue weighted by atomic mass is 10.4. The lowest BCUT2D eigenvalue weighted by molar-refractivity contribution is 0.456. The van der Waals surface area contributed by atoms with Gasteiger partial charge in [-0.25, -0.2) is 0 Å². The maximum atomic E-state index is 4.40. The number of hydrogen-bond donors (Lipinski definition) is 0. The van der Waals surface area contributed by atoms with E-state index in [4.69, 9.17) is 0 Å². The van der Waals surface area contributed by atoms with E-state index in [2.05, 4.69) is 24.0 Å². The van der Waals surface area contributed by atoms with E-state index in [9.17, 15) is 0 Å². The van der Waals surface area contributed by atoms with Crippen LogP contribution in [0.15, 0.2) is 0 Å². The van der Waals surface area contributed by atoms with Crippen molar-refractivity contribution in [2.75, 3.05) is 0 Å². The van der Waals surface area contributed by atoms with Crippen LogP contribution in [-0.4, -0.2) is 15.0 Å². The molecule has 1 aromatic rings. The molecule has 11 heavy (non-hydrogen) atoms. The Morgan fingerprint density at radius 1 is 1.18 bits per heavy atom. The molecular formula is C8H13N3. The maximum absolute atomic E-state index is 4.40. The molecule has 0 unspecified atom stereocenters. The number of fused-ring (bicyclic) bond motifs is 1. The summed E-state index contributed by atoms with van der Waals surface area (Å²) < 4.78 is 0. The second kappa shape index (κ2) is 2.32. The number of aryl methyl sites for hydroxylation is 2. The SMILES string of the molecule is CC(C)n1nc2c(n1)CCC2. The summed E-state index contributed by atoms with van der Waals surface area (Å²) in [7, 11) is 0. The Labute approximate surface area is 66.4 Å². The average Bonchev–Trinajstić information content (AvgIpc) is 2.40. The lowest BCUT2D eigenvalue weighted by Crippen LogP contribution is -2.06. The Kier molecular flexibility index (Phi) is 1.44. The minimum atomic E-state index is 0.403. The van der Waals surface area contributed by atoms with Gasteiger partial charge in [-0.2, -0.15) is 15.0 Å². The van der Waals surface area contributed by atoms with Gasteiger partial charge < -0.3 is 0 Å². The van der Waals surface area contributed by atoms with E-state index in [0.29, 0.717) is 6.04 Å². The summed E-state index contributed by atoms with van der Waals surface area (Å²) in [6.07, 6.45) is 3.49. The summed E-state index contributed by atoms with van der Waals surface area (Å²) in [5, 5.41) is 8.79. The summed E-state index contributed by atoms with van der Waals surface area (Å²) in [4.78, 5) is 1.82. The largest absolute Gasteiger partial charge is 0.182 e. The fourth-order valence-corrected chi connectivity index (χ4v) is 1.43. The molecular weight excluding hydrogens is 138 g/mol. The summed E-state index contributed by atoms with van der Waals surface area (Å²) in [5.74, 6) is 0. The number of rotatable bonds is 1. The van der Waals surface area contributed by atoms with Gasteiger partial charge in [-0.1, -0.05) is 0 Å². The second-order valence-corrected chi connectivity index (χ2v) is 3.36. The molecule has 0 aromatic carbocycles. The minimum absolute atomic E-state index is 0.403. The first-order valence-corrected chi connectivity index (χ1v) is 4.22. The number of nitrogens with zero attached hydrogens (tertiary/aromatic N) is 3. The third-order valence-corrected chi connectivity index (χ3v) is 2.07. The van der Waals surface area contributed by atoms with Crippen molar-refractivity contribution in [2.24, 2.45) is 0 Å². The smallest absolute Gasteiger partial charge is 0.0859 e. The van der Waals surface area contributed by atoms with Crippen molar-refractivity contribution in [3.05, 3.63) is 11.4 Å². The molecule has 0 spiro atoms. The van der Waals surface area contributed by atoms with Gasteiger partial charge in [0.2, 0.25) is 0 Å². The Morgan fingerprint density at radius 3 is 2.18 bits per heavy atom. The van der Waals surface area contributed by atoms with Crippen LogP contribution in [0.1, 0.15) is 37.7 Å². The zero-order valence-electron chi connectivity index (χ0n) is 7.04. The van der Waals surface area contributed by atoms with Crippen LogP contribution in [0.4, 0.5) is 0 Å². The monoisotopic (exact) mass is 151 g/mol. The van der Waals surface area contributed by atoms with Crippen molar-refractivity contribution in [3.63, 3.8) is 0 Å². The third-order valence-electron chi connectivity index (χ3n) is 2.07. The van der Waals surface area contributed by atoms with Crippen LogP contribution in [0.2, 0.25) is 0 Å². The second-order valence-electron chi connectivity index (χ2n) is 3.36. The van der Waals surface area contributed by atoms with Crippen LogP contribution in [0, 0.1) is 0 Å². The van der Waals surface area contributed by atoms with Crippen molar-refractivity contribution < 1.29 is 0 Å². The summed E-state index contributed by atoms with van der Waals surface area (Å²) in [6.45, 7) is 4.21. The predicted molar refractivity (Wildman–Crippen MR) is 42.4 cm³/mol. The van der Waals surface area contributed by atoms with E-state index >= 15 is 0 Å². The Bertz CT molecular complexity index is 241. The Hall–Kier alpha value is -0.860. The van der Waals surface area contributed by atoms with Gasteiger partial charge in [-0.3, -0.25) is 0 Å². The molecule has 1 aromatic heterocycles. The topological polar surface area (TPSA) is 30.7 Å². The molecule has 0 fully saturated rings. The molecule has 0 saturated carbocycles. The molecule has 0 amide bonds. The standard InChI is InChI=1S/C8H13N3/c1-6(2)11-9-7-4-3-5-8(7)10-11/h6H,3-5H2,1-2H3. The quantitative estimate of drug-likeness (QED) is 0.606. The van der Waals surface area contributed by atoms with Crippen LogP contribution < -0.4 is 0 Å². The van der Waals surface area contributed by atoms with Gasteiger partial charge >= 0.3 is 0 Å². The van der Waals surface area contributed by atoms with E-state index in [0.717, 1.165) is 12.8 Å². The lowest BCUT2D eigenvalue weighted by Gasteiger charge is -2.01. The Morgan fingerprint density at radius 2 is 1.73 bits per heavy atom. The zero-order valence-corrected chi connectivity index (χ0v) is 7.04. The van der Waals surface area contributed by atoms with E-state index in [1.54, 1.807) is 0 Å². The fourth-order valence-electron chi connectivity index (χ4n) is 1.43. The molecule has 3 nitrogen and oxygen atoms in total. The summed E-state index contributed by atoms with van der Waals surface area (Å²) >= 11 is 0. The number of aromatic nitrogens is 3. The van der Waals surface area contributed by atoms with E-state index < -0.39 is 0 Å². The molecule has 3 heteroatoms. The van der Waals surface area contributed by atoms with Crippen molar-refractivity contribution >= 4 is 0 Å². The molecule has 0 N–H and O–H groups in total. The summed E-state index contributed by atoms with van der Waals surface area (Å²) in [5.41, 5.74) is 2.44. The normalized spacial score (nSPS) is 15.9. The highest BCUT2D eigenvalue weighted by atomic mass is 15.5. The van der Waals surface area contributed by atoms with Crippen LogP contribution in [-0.2, 0) is 12.8 Å². The van der Waals surface area contributed by atoms with Crippen LogP contribution in [0.25, 0.3) is 0 Å².